The van der Waals surface area contributed by atoms with Crippen LogP contribution in [0, 0.1) is 16.2 Å². The molecule has 0 saturated heterocycles. The SMILES string of the molecule is CC(C)(C)C(=O)O.CCC1(CC)CC(O)C1.CCC1(CC)CC(OC(=O)C(C)(C)Cl)C1.N. The second-order valence-electron chi connectivity index (χ2n) is 10.9. The molecule has 2 aliphatic carbocycles. The largest absolute Gasteiger partial charge is 0.481 e. The third kappa shape index (κ3) is 10.4. The van der Waals surface area contributed by atoms with Crippen LogP contribution in [0.3, 0.4) is 0 Å². The molecule has 0 bridgehead atoms. The fraction of sp³-hybridized carbons (Fsp3) is 0.920. The summed E-state index contributed by atoms with van der Waals surface area (Å²) in [6, 6.07) is 0. The molecule has 0 unspecified atom stereocenters. The summed E-state index contributed by atoms with van der Waals surface area (Å²) in [7, 11) is 0. The highest BCUT2D eigenvalue weighted by Gasteiger charge is 2.44. The molecule has 0 aliphatic heterocycles. The topological polar surface area (TPSA) is 119 Å². The number of aliphatic hydroxyl groups excluding tert-OH is 1. The van der Waals surface area contributed by atoms with Gasteiger partial charge in [0.1, 0.15) is 11.0 Å². The summed E-state index contributed by atoms with van der Waals surface area (Å²) in [6.45, 7) is 17.2. The molecule has 0 aromatic heterocycles. The van der Waals surface area contributed by atoms with E-state index in [1.807, 2.05) is 0 Å². The number of carboxylic acids is 1. The van der Waals surface area contributed by atoms with Crippen LogP contribution in [0.25, 0.3) is 0 Å². The van der Waals surface area contributed by atoms with Crippen molar-refractivity contribution in [2.75, 3.05) is 0 Å². The predicted molar refractivity (Wildman–Crippen MR) is 132 cm³/mol. The van der Waals surface area contributed by atoms with Gasteiger partial charge in [-0.25, -0.2) is 0 Å². The van der Waals surface area contributed by atoms with Gasteiger partial charge in [0.05, 0.1) is 11.5 Å². The maximum Gasteiger partial charge on any atom is 0.326 e. The molecular formula is C25H50ClNO5. The van der Waals surface area contributed by atoms with Crippen LogP contribution in [0.15, 0.2) is 0 Å². The molecule has 192 valence electrons. The zero-order chi connectivity index (χ0) is 24.7. The second-order valence-corrected chi connectivity index (χ2v) is 11.9. The van der Waals surface area contributed by atoms with E-state index in [0.29, 0.717) is 10.8 Å². The second kappa shape index (κ2) is 13.1. The molecular weight excluding hydrogens is 430 g/mol. The van der Waals surface area contributed by atoms with Crippen LogP contribution in [-0.2, 0) is 14.3 Å². The number of carbonyl (C=O) groups is 2. The molecule has 0 heterocycles. The van der Waals surface area contributed by atoms with Crippen molar-refractivity contribution in [1.29, 1.82) is 0 Å². The number of alkyl halides is 1. The standard InChI is InChI=1S/C12H21ClO2.C8H16O.C5H10O2.H3N/c1-5-12(6-2)7-9(8-12)15-10(14)11(3,4)13;1-3-8(4-2)5-7(9)6-8;1-5(2,3)4(6)7;/h9H,5-8H2,1-4H3;7,9H,3-6H2,1-2H3;1-3H3,(H,6,7);1H3. The minimum absolute atomic E-state index is 0. The van der Waals surface area contributed by atoms with E-state index < -0.39 is 16.3 Å². The summed E-state index contributed by atoms with van der Waals surface area (Å²) in [5.74, 6) is -1.05. The first kappa shape index (κ1) is 33.3. The Kier molecular flexibility index (Phi) is 13.7. The van der Waals surface area contributed by atoms with Crippen LogP contribution in [0.4, 0.5) is 0 Å². The van der Waals surface area contributed by atoms with Gasteiger partial charge in [-0.15, -0.1) is 11.6 Å². The van der Waals surface area contributed by atoms with Crippen molar-refractivity contribution in [3.05, 3.63) is 0 Å². The normalized spacial score (nSPS) is 19.5. The van der Waals surface area contributed by atoms with E-state index in [1.165, 1.54) is 25.7 Å². The van der Waals surface area contributed by atoms with E-state index in [4.69, 9.17) is 26.6 Å². The molecule has 0 radical (unpaired) electrons. The number of hydrogen-bond acceptors (Lipinski definition) is 5. The van der Waals surface area contributed by atoms with E-state index in [0.717, 1.165) is 25.7 Å². The molecule has 32 heavy (non-hydrogen) atoms. The highest BCUT2D eigenvalue weighted by molar-refractivity contribution is 6.33. The van der Waals surface area contributed by atoms with E-state index in [1.54, 1.807) is 34.6 Å². The van der Waals surface area contributed by atoms with E-state index in [-0.39, 0.29) is 24.3 Å². The molecule has 2 saturated carbocycles. The number of esters is 1. The van der Waals surface area contributed by atoms with Gasteiger partial charge in [-0.05, 0) is 71.1 Å². The van der Waals surface area contributed by atoms with Crippen molar-refractivity contribution in [2.45, 2.75) is 131 Å². The molecule has 2 fully saturated rings. The minimum atomic E-state index is -0.892. The number of carboxylic acid groups (broad SMARTS) is 1. The fourth-order valence-corrected chi connectivity index (χ4v) is 3.92. The molecule has 7 heteroatoms. The van der Waals surface area contributed by atoms with Gasteiger partial charge in [0.25, 0.3) is 0 Å². The van der Waals surface area contributed by atoms with Crippen molar-refractivity contribution in [1.82, 2.24) is 6.15 Å². The van der Waals surface area contributed by atoms with Crippen molar-refractivity contribution < 1.29 is 24.5 Å². The summed E-state index contributed by atoms with van der Waals surface area (Å²) in [5, 5.41) is 17.3. The summed E-state index contributed by atoms with van der Waals surface area (Å²) in [5.41, 5.74) is 0.362. The lowest BCUT2D eigenvalue weighted by Crippen LogP contribution is -2.44. The predicted octanol–water partition coefficient (Wildman–Crippen LogP) is 6.74. The smallest absolute Gasteiger partial charge is 0.326 e. The Bertz CT molecular complexity index is 556. The van der Waals surface area contributed by atoms with Crippen molar-refractivity contribution in [2.24, 2.45) is 16.2 Å². The maximum absolute atomic E-state index is 11.5. The van der Waals surface area contributed by atoms with Crippen LogP contribution < -0.4 is 6.15 Å². The summed E-state index contributed by atoms with van der Waals surface area (Å²) in [6.07, 6.45) is 9.00. The Morgan fingerprint density at radius 2 is 1.19 bits per heavy atom. The Morgan fingerprint density at radius 3 is 1.38 bits per heavy atom. The average molecular weight is 480 g/mol. The zero-order valence-electron chi connectivity index (χ0n) is 22.0. The monoisotopic (exact) mass is 479 g/mol. The Balaban J connectivity index is 0. The van der Waals surface area contributed by atoms with Crippen LogP contribution in [0.2, 0.25) is 0 Å². The molecule has 0 atom stereocenters. The lowest BCUT2D eigenvalue weighted by atomic mass is 9.63. The molecule has 0 aromatic carbocycles. The summed E-state index contributed by atoms with van der Waals surface area (Å²) < 4.78 is 5.34. The number of hydrogen-bond donors (Lipinski definition) is 3. The molecule has 2 aliphatic rings. The van der Waals surface area contributed by atoms with Crippen molar-refractivity contribution >= 4 is 23.5 Å². The third-order valence-corrected chi connectivity index (χ3v) is 7.21. The minimum Gasteiger partial charge on any atom is -0.481 e. The number of ether oxygens (including phenoxy) is 1. The first-order chi connectivity index (χ1) is 14.0. The van der Waals surface area contributed by atoms with Gasteiger partial charge in [0.15, 0.2) is 0 Å². The van der Waals surface area contributed by atoms with E-state index in [2.05, 4.69) is 27.7 Å². The average Bonchev–Trinajstić information content (AvgIpc) is 2.61. The maximum atomic E-state index is 11.5. The molecule has 0 amide bonds. The van der Waals surface area contributed by atoms with Gasteiger partial charge >= 0.3 is 11.9 Å². The van der Waals surface area contributed by atoms with Gasteiger partial charge in [-0.1, -0.05) is 53.4 Å². The van der Waals surface area contributed by atoms with Crippen LogP contribution in [0.5, 0.6) is 0 Å². The van der Waals surface area contributed by atoms with Gasteiger partial charge < -0.3 is 21.1 Å². The Hall–Kier alpha value is -0.850. The number of aliphatic carboxylic acids is 1. The summed E-state index contributed by atoms with van der Waals surface area (Å²) in [4.78, 5) is 20.6. The lowest BCUT2D eigenvalue weighted by molar-refractivity contribution is -0.164. The molecule has 2 rings (SSSR count). The third-order valence-electron chi connectivity index (χ3n) is 7.06. The highest BCUT2D eigenvalue weighted by Crippen LogP contribution is 2.48. The number of aliphatic hydroxyl groups is 1. The summed E-state index contributed by atoms with van der Waals surface area (Å²) >= 11 is 5.87. The molecule has 0 spiro atoms. The first-order valence-electron chi connectivity index (χ1n) is 11.8. The fourth-order valence-electron chi connectivity index (χ4n) is 3.88. The first-order valence-corrected chi connectivity index (χ1v) is 12.2. The zero-order valence-corrected chi connectivity index (χ0v) is 22.8. The van der Waals surface area contributed by atoms with Crippen LogP contribution in [-0.4, -0.2) is 39.2 Å². The van der Waals surface area contributed by atoms with E-state index >= 15 is 0 Å². The van der Waals surface area contributed by atoms with Gasteiger partial charge in [-0.3, -0.25) is 9.59 Å². The quantitative estimate of drug-likeness (QED) is 0.286. The van der Waals surface area contributed by atoms with Crippen LogP contribution in [0.1, 0.15) is 114 Å². The molecule has 5 N–H and O–H groups in total. The molecule has 6 nitrogen and oxygen atoms in total. The molecule has 0 aromatic rings. The van der Waals surface area contributed by atoms with Crippen LogP contribution >= 0.6 is 11.6 Å². The number of halogens is 1. The van der Waals surface area contributed by atoms with Crippen molar-refractivity contribution in [3.63, 3.8) is 0 Å². The Morgan fingerprint density at radius 1 is 0.875 bits per heavy atom. The van der Waals surface area contributed by atoms with E-state index in [9.17, 15) is 9.59 Å². The van der Waals surface area contributed by atoms with Crippen molar-refractivity contribution in [3.8, 4) is 0 Å². The van der Waals surface area contributed by atoms with Gasteiger partial charge in [-0.2, -0.15) is 0 Å². The lowest BCUT2D eigenvalue weighted by Gasteiger charge is -2.46. The van der Waals surface area contributed by atoms with Gasteiger partial charge in [0, 0.05) is 0 Å². The van der Waals surface area contributed by atoms with Gasteiger partial charge in [0.2, 0.25) is 0 Å². The number of rotatable bonds is 6. The number of carbonyl (C=O) groups excluding carboxylic acids is 1. The highest BCUT2D eigenvalue weighted by atomic mass is 35.5. The Labute approximate surface area is 201 Å².